The summed E-state index contributed by atoms with van der Waals surface area (Å²) in [6.07, 6.45) is 0.926. The lowest BCUT2D eigenvalue weighted by atomic mass is 9.95. The van der Waals surface area contributed by atoms with Gasteiger partial charge in [-0.15, -0.1) is 0 Å². The van der Waals surface area contributed by atoms with Gasteiger partial charge in [0, 0.05) is 6.04 Å². The van der Waals surface area contributed by atoms with Crippen molar-refractivity contribution in [3.05, 3.63) is 34.7 Å². The van der Waals surface area contributed by atoms with E-state index >= 15 is 0 Å². The Balaban J connectivity index is 1.74. The van der Waals surface area contributed by atoms with Crippen LogP contribution in [-0.2, 0) is 11.3 Å². The van der Waals surface area contributed by atoms with Crippen molar-refractivity contribution in [1.29, 1.82) is 0 Å². The van der Waals surface area contributed by atoms with Gasteiger partial charge in [0.1, 0.15) is 6.54 Å². The standard InChI is InChI=1S/C15H20N4O2/c1-10-8-16-7-6-11(10)17-14(20)9-19-13-5-3-2-4-12(13)18-15(19)21/h2-5,10-11,16H,6-9H2,1H3,(H,17,20)(H,18,21). The van der Waals surface area contributed by atoms with Crippen LogP contribution >= 0.6 is 0 Å². The number of fused-ring (bicyclic) bond motifs is 1. The van der Waals surface area contributed by atoms with Crippen molar-refractivity contribution < 1.29 is 4.79 Å². The first-order valence-electron chi connectivity index (χ1n) is 7.33. The van der Waals surface area contributed by atoms with E-state index in [-0.39, 0.29) is 24.2 Å². The summed E-state index contributed by atoms with van der Waals surface area (Å²) in [4.78, 5) is 26.9. The molecule has 3 rings (SSSR count). The first-order chi connectivity index (χ1) is 10.1. The van der Waals surface area contributed by atoms with Gasteiger partial charge in [-0.3, -0.25) is 9.36 Å². The molecule has 2 unspecified atom stereocenters. The number of rotatable bonds is 3. The Kier molecular flexibility index (Phi) is 3.79. The molecule has 6 heteroatoms. The molecule has 2 atom stereocenters. The number of carbonyl (C=O) groups excluding carboxylic acids is 1. The fourth-order valence-corrected chi connectivity index (χ4v) is 2.89. The van der Waals surface area contributed by atoms with Crippen LogP contribution in [0.1, 0.15) is 13.3 Å². The van der Waals surface area contributed by atoms with E-state index in [1.165, 1.54) is 4.57 Å². The molecule has 1 aromatic heterocycles. The highest BCUT2D eigenvalue weighted by Gasteiger charge is 2.23. The minimum atomic E-state index is -0.246. The van der Waals surface area contributed by atoms with E-state index < -0.39 is 0 Å². The fraction of sp³-hybridized carbons (Fsp3) is 0.467. The molecular formula is C15H20N4O2. The van der Waals surface area contributed by atoms with Gasteiger partial charge in [-0.05, 0) is 37.6 Å². The molecule has 0 bridgehead atoms. The Hall–Kier alpha value is -2.08. The number of nitrogens with one attached hydrogen (secondary N) is 3. The molecule has 1 saturated heterocycles. The number of benzene rings is 1. The van der Waals surface area contributed by atoms with Crippen molar-refractivity contribution in [3.8, 4) is 0 Å². The monoisotopic (exact) mass is 288 g/mol. The second-order valence-corrected chi connectivity index (χ2v) is 5.68. The number of hydrogen-bond acceptors (Lipinski definition) is 3. The fourth-order valence-electron chi connectivity index (χ4n) is 2.89. The minimum Gasteiger partial charge on any atom is -0.351 e. The number of hydrogen-bond donors (Lipinski definition) is 3. The van der Waals surface area contributed by atoms with E-state index in [2.05, 4.69) is 22.5 Å². The van der Waals surface area contributed by atoms with E-state index in [0.717, 1.165) is 30.5 Å². The van der Waals surface area contributed by atoms with E-state index in [9.17, 15) is 9.59 Å². The first-order valence-corrected chi connectivity index (χ1v) is 7.33. The largest absolute Gasteiger partial charge is 0.351 e. The lowest BCUT2D eigenvalue weighted by Gasteiger charge is -2.30. The zero-order chi connectivity index (χ0) is 14.8. The van der Waals surface area contributed by atoms with Gasteiger partial charge in [0.25, 0.3) is 0 Å². The summed E-state index contributed by atoms with van der Waals surface area (Å²) in [6, 6.07) is 7.58. The molecule has 3 N–H and O–H groups in total. The smallest absolute Gasteiger partial charge is 0.326 e. The van der Waals surface area contributed by atoms with Crippen molar-refractivity contribution in [2.45, 2.75) is 25.9 Å². The molecule has 112 valence electrons. The number of nitrogens with zero attached hydrogens (tertiary/aromatic N) is 1. The number of piperidine rings is 1. The van der Waals surface area contributed by atoms with Crippen LogP contribution in [0.2, 0.25) is 0 Å². The van der Waals surface area contributed by atoms with E-state index in [1.54, 1.807) is 0 Å². The Morgan fingerprint density at radius 3 is 3.05 bits per heavy atom. The molecule has 1 aliphatic heterocycles. The van der Waals surface area contributed by atoms with Gasteiger partial charge in [0.15, 0.2) is 0 Å². The molecule has 0 aliphatic carbocycles. The van der Waals surface area contributed by atoms with Crippen molar-refractivity contribution in [2.24, 2.45) is 5.92 Å². The van der Waals surface area contributed by atoms with Crippen molar-refractivity contribution >= 4 is 16.9 Å². The lowest BCUT2D eigenvalue weighted by Crippen LogP contribution is -2.49. The van der Waals surface area contributed by atoms with Crippen LogP contribution in [-0.4, -0.2) is 34.6 Å². The molecule has 1 amide bonds. The Bertz CT molecular complexity index is 703. The van der Waals surface area contributed by atoms with Crippen molar-refractivity contribution in [3.63, 3.8) is 0 Å². The van der Waals surface area contributed by atoms with E-state index in [4.69, 9.17) is 0 Å². The summed E-state index contributed by atoms with van der Waals surface area (Å²) >= 11 is 0. The molecular weight excluding hydrogens is 268 g/mol. The highest BCUT2D eigenvalue weighted by Crippen LogP contribution is 2.11. The predicted octanol–water partition coefficient (Wildman–Crippen LogP) is 0.444. The summed E-state index contributed by atoms with van der Waals surface area (Å²) in [7, 11) is 0. The molecule has 2 aromatic rings. The number of para-hydroxylation sites is 2. The SMILES string of the molecule is CC1CNCCC1NC(=O)Cn1c(=O)[nH]c2ccccc21. The third kappa shape index (κ3) is 2.85. The summed E-state index contributed by atoms with van der Waals surface area (Å²) in [5.74, 6) is 0.294. The van der Waals surface area contributed by atoms with Crippen LogP contribution in [0.25, 0.3) is 11.0 Å². The molecule has 0 spiro atoms. The first kappa shape index (κ1) is 13.9. The molecule has 0 saturated carbocycles. The molecule has 2 heterocycles. The van der Waals surface area contributed by atoms with Gasteiger partial charge < -0.3 is 15.6 Å². The van der Waals surface area contributed by atoms with Gasteiger partial charge >= 0.3 is 5.69 Å². The topological polar surface area (TPSA) is 78.9 Å². The maximum absolute atomic E-state index is 12.2. The quantitative estimate of drug-likeness (QED) is 0.767. The zero-order valence-corrected chi connectivity index (χ0v) is 12.1. The maximum atomic E-state index is 12.2. The van der Waals surface area contributed by atoms with Crippen LogP contribution in [0.4, 0.5) is 0 Å². The van der Waals surface area contributed by atoms with Crippen LogP contribution in [0, 0.1) is 5.92 Å². The van der Waals surface area contributed by atoms with Crippen molar-refractivity contribution in [2.75, 3.05) is 13.1 Å². The normalized spacial score (nSPS) is 22.3. The number of aromatic amines is 1. The number of amides is 1. The third-order valence-corrected chi connectivity index (χ3v) is 4.12. The van der Waals surface area contributed by atoms with Gasteiger partial charge in [0.2, 0.25) is 5.91 Å². The summed E-state index contributed by atoms with van der Waals surface area (Å²) in [6.45, 7) is 4.01. The zero-order valence-electron chi connectivity index (χ0n) is 12.1. The summed E-state index contributed by atoms with van der Waals surface area (Å²) < 4.78 is 1.48. The molecule has 0 radical (unpaired) electrons. The maximum Gasteiger partial charge on any atom is 0.326 e. The number of H-pyrrole nitrogens is 1. The lowest BCUT2D eigenvalue weighted by molar-refractivity contribution is -0.122. The number of imidazole rings is 1. The Morgan fingerprint density at radius 2 is 2.24 bits per heavy atom. The van der Waals surface area contributed by atoms with Gasteiger partial charge in [-0.2, -0.15) is 0 Å². The number of carbonyl (C=O) groups is 1. The molecule has 1 fully saturated rings. The van der Waals surface area contributed by atoms with Gasteiger partial charge in [-0.1, -0.05) is 19.1 Å². The second kappa shape index (κ2) is 5.73. The molecule has 1 aromatic carbocycles. The van der Waals surface area contributed by atoms with Crippen LogP contribution in [0.5, 0.6) is 0 Å². The van der Waals surface area contributed by atoms with Crippen LogP contribution in [0.3, 0.4) is 0 Å². The van der Waals surface area contributed by atoms with E-state index in [0.29, 0.717) is 5.92 Å². The third-order valence-electron chi connectivity index (χ3n) is 4.12. The highest BCUT2D eigenvalue weighted by molar-refractivity contribution is 5.80. The Morgan fingerprint density at radius 1 is 1.43 bits per heavy atom. The molecule has 6 nitrogen and oxygen atoms in total. The van der Waals surface area contributed by atoms with E-state index in [1.807, 2.05) is 24.3 Å². The van der Waals surface area contributed by atoms with Gasteiger partial charge in [-0.25, -0.2) is 4.79 Å². The van der Waals surface area contributed by atoms with Crippen LogP contribution in [0.15, 0.2) is 29.1 Å². The van der Waals surface area contributed by atoms with Crippen molar-refractivity contribution in [1.82, 2.24) is 20.2 Å². The number of aromatic nitrogens is 2. The Labute approximate surface area is 122 Å². The minimum absolute atomic E-state index is 0.0551. The molecule has 1 aliphatic rings. The summed E-state index contributed by atoms with van der Waals surface area (Å²) in [5.41, 5.74) is 1.27. The van der Waals surface area contributed by atoms with Gasteiger partial charge in [0.05, 0.1) is 11.0 Å². The average Bonchev–Trinajstić information content (AvgIpc) is 2.78. The average molecular weight is 288 g/mol. The predicted molar refractivity (Wildman–Crippen MR) is 81.1 cm³/mol. The highest BCUT2D eigenvalue weighted by atomic mass is 16.2. The summed E-state index contributed by atoms with van der Waals surface area (Å²) in [5, 5.41) is 6.35. The van der Waals surface area contributed by atoms with Crippen LogP contribution < -0.4 is 16.3 Å². The molecule has 21 heavy (non-hydrogen) atoms. The second-order valence-electron chi connectivity index (χ2n) is 5.68.